The summed E-state index contributed by atoms with van der Waals surface area (Å²) >= 11 is 1.20. The zero-order valence-corrected chi connectivity index (χ0v) is 13.0. The van der Waals surface area contributed by atoms with Gasteiger partial charge in [-0.1, -0.05) is 0 Å². The monoisotopic (exact) mass is 313 g/mol. The van der Waals surface area contributed by atoms with Crippen LogP contribution in [0, 0.1) is 0 Å². The number of amides is 1. The van der Waals surface area contributed by atoms with Crippen LogP contribution >= 0.6 is 11.3 Å². The van der Waals surface area contributed by atoms with Crippen LogP contribution in [0.25, 0.3) is 0 Å². The molecule has 1 fully saturated rings. The summed E-state index contributed by atoms with van der Waals surface area (Å²) in [5, 5.41) is 9.94. The number of carbonyl (C=O) groups excluding carboxylic acids is 1. The largest absolute Gasteiger partial charge is 0.477 e. The van der Waals surface area contributed by atoms with Gasteiger partial charge in [-0.2, -0.15) is 0 Å². The number of nitrogens with zero attached hydrogens (tertiary/aromatic N) is 3. The fraction of sp³-hybridized carbons (Fsp3) is 0.615. The van der Waals surface area contributed by atoms with Crippen LogP contribution in [-0.2, 0) is 22.7 Å². The van der Waals surface area contributed by atoms with E-state index in [4.69, 9.17) is 9.84 Å². The van der Waals surface area contributed by atoms with E-state index in [-0.39, 0.29) is 17.4 Å². The van der Waals surface area contributed by atoms with E-state index >= 15 is 0 Å². The van der Waals surface area contributed by atoms with Crippen LogP contribution in [0.4, 0.5) is 0 Å². The number of aromatic carboxylic acids is 1. The Bertz CT molecular complexity index is 523. The second-order valence-corrected chi connectivity index (χ2v) is 5.99. The van der Waals surface area contributed by atoms with E-state index in [1.54, 1.807) is 6.92 Å². The van der Waals surface area contributed by atoms with Crippen molar-refractivity contribution in [1.29, 1.82) is 0 Å². The van der Waals surface area contributed by atoms with Crippen molar-refractivity contribution in [1.82, 2.24) is 14.8 Å². The average molecular weight is 313 g/mol. The molecule has 2 heterocycles. The lowest BCUT2D eigenvalue weighted by Crippen LogP contribution is -2.47. The van der Waals surface area contributed by atoms with Gasteiger partial charge in [-0.15, -0.1) is 11.3 Å². The summed E-state index contributed by atoms with van der Waals surface area (Å²) in [4.78, 5) is 31.1. The van der Waals surface area contributed by atoms with Gasteiger partial charge in [0, 0.05) is 40.2 Å². The molecule has 0 bridgehead atoms. The third-order valence-corrected chi connectivity index (χ3v) is 4.46. The molecule has 2 rings (SSSR count). The quantitative estimate of drug-likeness (QED) is 0.859. The normalized spacial score (nSPS) is 16.2. The van der Waals surface area contributed by atoms with Crippen molar-refractivity contribution in [2.75, 3.05) is 33.3 Å². The molecule has 1 aromatic heterocycles. The van der Waals surface area contributed by atoms with Crippen molar-refractivity contribution in [2.45, 2.75) is 20.1 Å². The van der Waals surface area contributed by atoms with Crippen molar-refractivity contribution < 1.29 is 19.4 Å². The third-order valence-electron chi connectivity index (χ3n) is 3.39. The first-order valence-electron chi connectivity index (χ1n) is 6.70. The van der Waals surface area contributed by atoms with Gasteiger partial charge in [0.05, 0.1) is 18.8 Å². The minimum absolute atomic E-state index is 0.0967. The highest BCUT2D eigenvalue weighted by molar-refractivity contribution is 7.13. The molecule has 116 valence electrons. The molecule has 0 unspecified atom stereocenters. The topological polar surface area (TPSA) is 83.0 Å². The van der Waals surface area contributed by atoms with E-state index in [2.05, 4.69) is 9.88 Å². The maximum absolute atomic E-state index is 11.3. The Morgan fingerprint density at radius 2 is 2.00 bits per heavy atom. The molecule has 8 heteroatoms. The van der Waals surface area contributed by atoms with Crippen molar-refractivity contribution in [2.24, 2.45) is 0 Å². The fourth-order valence-electron chi connectivity index (χ4n) is 2.28. The number of carboxylic acid groups (broad SMARTS) is 1. The molecule has 7 nitrogen and oxygen atoms in total. The van der Waals surface area contributed by atoms with Gasteiger partial charge in [0.25, 0.3) is 0 Å². The first-order chi connectivity index (χ1) is 10.0. The van der Waals surface area contributed by atoms with Gasteiger partial charge in [-0.3, -0.25) is 9.69 Å². The zero-order valence-electron chi connectivity index (χ0n) is 12.2. The Morgan fingerprint density at radius 3 is 2.52 bits per heavy atom. The van der Waals surface area contributed by atoms with Gasteiger partial charge in [0.15, 0.2) is 0 Å². The van der Waals surface area contributed by atoms with Gasteiger partial charge in [-0.05, 0) is 0 Å². The number of hydrogen-bond acceptors (Lipinski definition) is 6. The molecule has 1 aromatic rings. The number of hydrogen-bond donors (Lipinski definition) is 1. The van der Waals surface area contributed by atoms with Gasteiger partial charge in [-0.25, -0.2) is 9.78 Å². The summed E-state index contributed by atoms with van der Waals surface area (Å²) in [5.74, 6) is -0.869. The molecular weight excluding hydrogens is 294 g/mol. The van der Waals surface area contributed by atoms with Crippen LogP contribution in [0.1, 0.15) is 27.3 Å². The van der Waals surface area contributed by atoms with Crippen molar-refractivity contribution in [3.63, 3.8) is 0 Å². The highest BCUT2D eigenvalue weighted by Crippen LogP contribution is 2.21. The number of carbonyl (C=O) groups is 2. The highest BCUT2D eigenvalue weighted by atomic mass is 32.1. The molecule has 0 aliphatic carbocycles. The molecule has 21 heavy (non-hydrogen) atoms. The predicted molar refractivity (Wildman–Crippen MR) is 77.3 cm³/mol. The molecule has 0 atom stereocenters. The van der Waals surface area contributed by atoms with Gasteiger partial charge in [0.2, 0.25) is 5.91 Å². The Morgan fingerprint density at radius 1 is 1.33 bits per heavy atom. The number of rotatable bonds is 5. The zero-order chi connectivity index (χ0) is 15.4. The second-order valence-electron chi connectivity index (χ2n) is 4.90. The Hall–Kier alpha value is -1.51. The lowest BCUT2D eigenvalue weighted by molar-refractivity contribution is -0.130. The summed E-state index contributed by atoms with van der Waals surface area (Å²) in [5.41, 5.74) is 0.479. The number of carboxylic acids is 1. The molecular formula is C13H19N3O4S. The average Bonchev–Trinajstić information content (AvgIpc) is 2.83. The number of aromatic nitrogens is 1. The first-order valence-corrected chi connectivity index (χ1v) is 7.51. The molecule has 0 spiro atoms. The lowest BCUT2D eigenvalue weighted by Gasteiger charge is -2.33. The molecule has 1 N–H and O–H groups in total. The highest BCUT2D eigenvalue weighted by Gasteiger charge is 2.22. The lowest BCUT2D eigenvalue weighted by atomic mass is 10.3. The molecule has 0 radical (unpaired) electrons. The van der Waals surface area contributed by atoms with Crippen LogP contribution in [0.2, 0.25) is 0 Å². The summed E-state index contributed by atoms with van der Waals surface area (Å²) < 4.78 is 4.99. The summed E-state index contributed by atoms with van der Waals surface area (Å²) in [6.45, 7) is 5.36. The molecule has 1 aliphatic rings. The molecule has 0 saturated carbocycles. The van der Waals surface area contributed by atoms with E-state index in [0.717, 1.165) is 18.1 Å². The standard InChI is InChI=1S/C13H19N3O4S/c1-9(17)16-5-3-15(4-6-16)7-11-14-10(8-20-2)12(21-11)13(18)19/h3-8H2,1-2H3,(H,18,19). The predicted octanol–water partition coefficient (Wildman–Crippen LogP) is 0.652. The van der Waals surface area contributed by atoms with Gasteiger partial charge < -0.3 is 14.7 Å². The number of ether oxygens (including phenoxy) is 1. The summed E-state index contributed by atoms with van der Waals surface area (Å²) in [7, 11) is 1.52. The minimum Gasteiger partial charge on any atom is -0.477 e. The minimum atomic E-state index is -0.966. The summed E-state index contributed by atoms with van der Waals surface area (Å²) in [6.07, 6.45) is 0. The molecule has 1 amide bonds. The molecule has 0 aromatic carbocycles. The Labute approximate surface area is 127 Å². The van der Waals surface area contributed by atoms with Crippen LogP contribution < -0.4 is 0 Å². The van der Waals surface area contributed by atoms with Crippen LogP contribution in [0.3, 0.4) is 0 Å². The number of methoxy groups -OCH3 is 1. The van der Waals surface area contributed by atoms with Crippen LogP contribution in [0.15, 0.2) is 0 Å². The third kappa shape index (κ3) is 3.99. The maximum atomic E-state index is 11.3. The fourth-order valence-corrected chi connectivity index (χ4v) is 3.23. The van der Waals surface area contributed by atoms with Crippen molar-refractivity contribution in [3.05, 3.63) is 15.6 Å². The maximum Gasteiger partial charge on any atom is 0.347 e. The van der Waals surface area contributed by atoms with E-state index in [9.17, 15) is 9.59 Å². The van der Waals surface area contributed by atoms with E-state index < -0.39 is 5.97 Å². The van der Waals surface area contributed by atoms with Crippen LogP contribution in [0.5, 0.6) is 0 Å². The van der Waals surface area contributed by atoms with Gasteiger partial charge in [0.1, 0.15) is 9.88 Å². The van der Waals surface area contributed by atoms with E-state index in [1.165, 1.54) is 18.4 Å². The van der Waals surface area contributed by atoms with Crippen molar-refractivity contribution >= 4 is 23.2 Å². The smallest absolute Gasteiger partial charge is 0.347 e. The first kappa shape index (κ1) is 15.9. The van der Waals surface area contributed by atoms with Crippen LogP contribution in [-0.4, -0.2) is 65.1 Å². The number of thiazole rings is 1. The van der Waals surface area contributed by atoms with Crippen molar-refractivity contribution in [3.8, 4) is 0 Å². The Balaban J connectivity index is 1.99. The second kappa shape index (κ2) is 6.97. The van der Waals surface area contributed by atoms with Gasteiger partial charge >= 0.3 is 5.97 Å². The number of piperazine rings is 1. The SMILES string of the molecule is COCc1nc(CN2CCN(C(C)=O)CC2)sc1C(=O)O. The summed E-state index contributed by atoms with van der Waals surface area (Å²) in [6, 6.07) is 0. The molecule has 1 saturated heterocycles. The van der Waals surface area contributed by atoms with E-state index in [1.807, 2.05) is 4.90 Å². The molecule has 1 aliphatic heterocycles. The Kier molecular flexibility index (Phi) is 5.27. The van der Waals surface area contributed by atoms with E-state index in [0.29, 0.717) is 25.3 Å².